The summed E-state index contributed by atoms with van der Waals surface area (Å²) in [7, 11) is 0. The zero-order chi connectivity index (χ0) is 16.4. The fraction of sp³-hybridized carbons (Fsp3) is 0. The van der Waals surface area contributed by atoms with E-state index in [9.17, 15) is 0 Å². The molecule has 4 rings (SSSR count). The summed E-state index contributed by atoms with van der Waals surface area (Å²) in [6.07, 6.45) is 1.62. The van der Waals surface area contributed by atoms with Crippen LogP contribution in [0.2, 0.25) is 5.28 Å². The summed E-state index contributed by atoms with van der Waals surface area (Å²) in [6.45, 7) is 0. The Kier molecular flexibility index (Phi) is 3.81. The van der Waals surface area contributed by atoms with Crippen LogP contribution in [0.5, 0.6) is 0 Å². The molecule has 116 valence electrons. The summed E-state index contributed by atoms with van der Waals surface area (Å²) in [4.78, 5) is 12.9. The van der Waals surface area contributed by atoms with E-state index in [1.54, 1.807) is 12.3 Å². The second-order valence-electron chi connectivity index (χ2n) is 5.28. The van der Waals surface area contributed by atoms with Gasteiger partial charge in [-0.05, 0) is 29.8 Å². The molecule has 2 heterocycles. The van der Waals surface area contributed by atoms with Crippen LogP contribution < -0.4 is 5.32 Å². The maximum atomic E-state index is 5.89. The van der Waals surface area contributed by atoms with E-state index in [-0.39, 0.29) is 5.28 Å². The molecule has 0 bridgehead atoms. The van der Waals surface area contributed by atoms with Crippen LogP contribution >= 0.6 is 11.6 Å². The van der Waals surface area contributed by atoms with E-state index in [1.807, 2.05) is 54.6 Å². The Morgan fingerprint density at radius 1 is 0.833 bits per heavy atom. The number of nitrogens with zero attached hydrogens (tertiary/aromatic N) is 3. The van der Waals surface area contributed by atoms with Crippen LogP contribution in [0.15, 0.2) is 72.9 Å². The summed E-state index contributed by atoms with van der Waals surface area (Å²) in [5.74, 6) is 0.629. The SMILES string of the molecule is Clc1nccc(Nc2cc3ccccc3nc2-c2ccccc2)n1. The van der Waals surface area contributed by atoms with E-state index in [0.717, 1.165) is 27.8 Å². The number of hydrogen-bond donors (Lipinski definition) is 1. The van der Waals surface area contributed by atoms with Gasteiger partial charge in [0.15, 0.2) is 0 Å². The maximum Gasteiger partial charge on any atom is 0.224 e. The second-order valence-corrected chi connectivity index (χ2v) is 5.62. The predicted octanol–water partition coefficient (Wildman–Crippen LogP) is 5.09. The Morgan fingerprint density at radius 3 is 2.46 bits per heavy atom. The van der Waals surface area contributed by atoms with Gasteiger partial charge in [-0.15, -0.1) is 0 Å². The number of halogens is 1. The minimum Gasteiger partial charge on any atom is -0.338 e. The molecule has 0 aliphatic carbocycles. The topological polar surface area (TPSA) is 50.7 Å². The molecule has 0 radical (unpaired) electrons. The molecule has 0 aliphatic rings. The average Bonchev–Trinajstić information content (AvgIpc) is 2.62. The first-order chi connectivity index (χ1) is 11.8. The van der Waals surface area contributed by atoms with Crippen molar-refractivity contribution in [3.05, 3.63) is 78.2 Å². The van der Waals surface area contributed by atoms with Crippen molar-refractivity contribution in [2.45, 2.75) is 0 Å². The third kappa shape index (κ3) is 2.92. The smallest absolute Gasteiger partial charge is 0.224 e. The van der Waals surface area contributed by atoms with Crippen molar-refractivity contribution in [1.82, 2.24) is 15.0 Å². The van der Waals surface area contributed by atoms with Crippen LogP contribution in [0.25, 0.3) is 22.2 Å². The van der Waals surface area contributed by atoms with Gasteiger partial charge < -0.3 is 5.32 Å². The molecule has 0 saturated heterocycles. The first kappa shape index (κ1) is 14.6. The summed E-state index contributed by atoms with van der Waals surface area (Å²) in [6, 6.07) is 21.9. The summed E-state index contributed by atoms with van der Waals surface area (Å²) in [5, 5.41) is 4.57. The van der Waals surface area contributed by atoms with Crippen molar-refractivity contribution in [3.63, 3.8) is 0 Å². The largest absolute Gasteiger partial charge is 0.338 e. The first-order valence-corrected chi connectivity index (χ1v) is 7.88. The summed E-state index contributed by atoms with van der Waals surface area (Å²) < 4.78 is 0. The minimum absolute atomic E-state index is 0.204. The third-order valence-electron chi connectivity index (χ3n) is 3.66. The molecular formula is C19H13ClN4. The van der Waals surface area contributed by atoms with Gasteiger partial charge in [-0.2, -0.15) is 0 Å². The van der Waals surface area contributed by atoms with E-state index in [2.05, 4.69) is 21.4 Å². The quantitative estimate of drug-likeness (QED) is 0.531. The molecule has 0 spiro atoms. The molecule has 0 amide bonds. The van der Waals surface area contributed by atoms with E-state index in [1.165, 1.54) is 0 Å². The van der Waals surface area contributed by atoms with Gasteiger partial charge in [-0.25, -0.2) is 15.0 Å². The first-order valence-electron chi connectivity index (χ1n) is 7.50. The van der Waals surface area contributed by atoms with Crippen molar-refractivity contribution in [2.24, 2.45) is 0 Å². The van der Waals surface area contributed by atoms with E-state index < -0.39 is 0 Å². The molecule has 0 fully saturated rings. The summed E-state index contributed by atoms with van der Waals surface area (Å²) >= 11 is 5.89. The molecule has 2 aromatic carbocycles. The van der Waals surface area contributed by atoms with Crippen molar-refractivity contribution >= 4 is 34.0 Å². The molecule has 0 aliphatic heterocycles. The van der Waals surface area contributed by atoms with E-state index >= 15 is 0 Å². The Morgan fingerprint density at radius 2 is 1.62 bits per heavy atom. The van der Waals surface area contributed by atoms with Gasteiger partial charge in [0, 0.05) is 17.1 Å². The monoisotopic (exact) mass is 332 g/mol. The normalized spacial score (nSPS) is 10.7. The van der Waals surface area contributed by atoms with Crippen LogP contribution in [0.3, 0.4) is 0 Å². The Balaban J connectivity index is 1.88. The number of aromatic nitrogens is 3. The van der Waals surface area contributed by atoms with Crippen LogP contribution in [-0.2, 0) is 0 Å². The highest BCUT2D eigenvalue weighted by molar-refractivity contribution is 6.28. The fourth-order valence-electron chi connectivity index (χ4n) is 2.57. The lowest BCUT2D eigenvalue weighted by Crippen LogP contribution is -1.99. The van der Waals surface area contributed by atoms with Crippen molar-refractivity contribution in [3.8, 4) is 11.3 Å². The zero-order valence-electron chi connectivity index (χ0n) is 12.6. The van der Waals surface area contributed by atoms with E-state index in [0.29, 0.717) is 5.82 Å². The third-order valence-corrected chi connectivity index (χ3v) is 3.84. The van der Waals surface area contributed by atoms with Crippen LogP contribution in [0.1, 0.15) is 0 Å². The molecule has 24 heavy (non-hydrogen) atoms. The van der Waals surface area contributed by atoms with Gasteiger partial charge in [0.25, 0.3) is 0 Å². The highest BCUT2D eigenvalue weighted by Gasteiger charge is 2.10. The molecule has 4 aromatic rings. The highest BCUT2D eigenvalue weighted by atomic mass is 35.5. The minimum atomic E-state index is 0.204. The van der Waals surface area contributed by atoms with Gasteiger partial charge in [-0.3, -0.25) is 0 Å². The number of rotatable bonds is 3. The van der Waals surface area contributed by atoms with Crippen molar-refractivity contribution in [1.29, 1.82) is 0 Å². The number of benzene rings is 2. The molecule has 0 unspecified atom stereocenters. The maximum absolute atomic E-state index is 5.89. The molecule has 0 atom stereocenters. The lowest BCUT2D eigenvalue weighted by atomic mass is 10.1. The Bertz CT molecular complexity index is 1000. The molecule has 4 nitrogen and oxygen atoms in total. The van der Waals surface area contributed by atoms with Gasteiger partial charge in [0.2, 0.25) is 5.28 Å². The predicted molar refractivity (Wildman–Crippen MR) is 97.5 cm³/mol. The van der Waals surface area contributed by atoms with Crippen LogP contribution in [0.4, 0.5) is 11.5 Å². The average molecular weight is 333 g/mol. The standard InChI is InChI=1S/C19H13ClN4/c20-19-21-11-10-17(24-19)22-16-12-14-8-4-5-9-15(14)23-18(16)13-6-2-1-3-7-13/h1-12H,(H,21,22,24). The molecule has 2 aromatic heterocycles. The molecule has 0 saturated carbocycles. The van der Waals surface area contributed by atoms with Crippen molar-refractivity contribution < 1.29 is 0 Å². The number of para-hydroxylation sites is 1. The number of fused-ring (bicyclic) bond motifs is 1. The zero-order valence-corrected chi connectivity index (χ0v) is 13.4. The number of pyridine rings is 1. The molecule has 5 heteroatoms. The second kappa shape index (κ2) is 6.26. The highest BCUT2D eigenvalue weighted by Crippen LogP contribution is 2.31. The van der Waals surface area contributed by atoms with Gasteiger partial charge in [0.05, 0.1) is 16.9 Å². The Labute approximate surface area is 144 Å². The summed E-state index contributed by atoms with van der Waals surface area (Å²) in [5.41, 5.74) is 3.72. The Hall–Kier alpha value is -2.98. The molecular weight excluding hydrogens is 320 g/mol. The van der Waals surface area contributed by atoms with Crippen LogP contribution in [-0.4, -0.2) is 15.0 Å². The lowest BCUT2D eigenvalue weighted by molar-refractivity contribution is 1.17. The van der Waals surface area contributed by atoms with Gasteiger partial charge in [-0.1, -0.05) is 48.5 Å². The lowest BCUT2D eigenvalue weighted by Gasteiger charge is -2.12. The number of anilines is 2. The van der Waals surface area contributed by atoms with E-state index in [4.69, 9.17) is 16.6 Å². The van der Waals surface area contributed by atoms with Gasteiger partial charge in [0.1, 0.15) is 5.82 Å². The van der Waals surface area contributed by atoms with Crippen LogP contribution in [0, 0.1) is 0 Å². The van der Waals surface area contributed by atoms with Crippen molar-refractivity contribution in [2.75, 3.05) is 5.32 Å². The molecule has 1 N–H and O–H groups in total. The number of hydrogen-bond acceptors (Lipinski definition) is 4. The number of nitrogens with one attached hydrogen (secondary N) is 1. The van der Waals surface area contributed by atoms with Gasteiger partial charge >= 0.3 is 0 Å². The fourth-order valence-corrected chi connectivity index (χ4v) is 2.72.